The predicted molar refractivity (Wildman–Crippen MR) is 114 cm³/mol. The van der Waals surface area contributed by atoms with Crippen molar-refractivity contribution in [3.8, 4) is 0 Å². The summed E-state index contributed by atoms with van der Waals surface area (Å²) in [6.45, 7) is 7.04. The first-order chi connectivity index (χ1) is 13.2. The first kappa shape index (κ1) is 18.0. The lowest BCUT2D eigenvalue weighted by molar-refractivity contribution is 0.130. The van der Waals surface area contributed by atoms with E-state index in [0.717, 1.165) is 43.5 Å². The molecular formula is C23H24ClN3. The van der Waals surface area contributed by atoms with Crippen LogP contribution < -0.4 is 0 Å². The Morgan fingerprint density at radius 3 is 2.33 bits per heavy atom. The van der Waals surface area contributed by atoms with Crippen LogP contribution in [0.4, 0.5) is 0 Å². The van der Waals surface area contributed by atoms with Crippen LogP contribution in [0, 0.1) is 0 Å². The van der Waals surface area contributed by atoms with Crippen molar-refractivity contribution in [1.82, 2.24) is 9.91 Å². The highest BCUT2D eigenvalue weighted by Crippen LogP contribution is 2.17. The molecule has 0 amide bonds. The highest BCUT2D eigenvalue weighted by molar-refractivity contribution is 6.30. The van der Waals surface area contributed by atoms with Crippen LogP contribution in [0.5, 0.6) is 0 Å². The van der Waals surface area contributed by atoms with Gasteiger partial charge in [-0.2, -0.15) is 5.10 Å². The molecule has 1 heterocycles. The standard InChI is InChI=1S/C23H24ClN3/c1-18(21-9-8-20-4-2-3-5-22(20)16-21)25-27-14-12-26(13-15-27)17-19-6-10-23(24)11-7-19/h2-11,16H,12-15,17H2,1H3. The van der Waals surface area contributed by atoms with Crippen molar-refractivity contribution >= 4 is 28.1 Å². The maximum Gasteiger partial charge on any atom is 0.0646 e. The smallest absolute Gasteiger partial charge is 0.0646 e. The van der Waals surface area contributed by atoms with Gasteiger partial charge in [-0.3, -0.25) is 9.91 Å². The molecule has 0 unspecified atom stereocenters. The van der Waals surface area contributed by atoms with Gasteiger partial charge in [0.15, 0.2) is 0 Å². The summed E-state index contributed by atoms with van der Waals surface area (Å²) in [5.74, 6) is 0. The van der Waals surface area contributed by atoms with Crippen molar-refractivity contribution in [1.29, 1.82) is 0 Å². The van der Waals surface area contributed by atoms with Crippen molar-refractivity contribution in [3.05, 3.63) is 82.9 Å². The Morgan fingerprint density at radius 1 is 0.889 bits per heavy atom. The lowest BCUT2D eigenvalue weighted by atomic mass is 10.0. The number of benzene rings is 3. The SMILES string of the molecule is CC(=NN1CCN(Cc2ccc(Cl)cc2)CC1)c1ccc2ccccc2c1. The van der Waals surface area contributed by atoms with Crippen LogP contribution in [0.3, 0.4) is 0 Å². The van der Waals surface area contributed by atoms with Crippen molar-refractivity contribution in [3.63, 3.8) is 0 Å². The Bertz CT molecular complexity index is 941. The van der Waals surface area contributed by atoms with Gasteiger partial charge in [0.05, 0.1) is 5.71 Å². The molecule has 138 valence electrons. The molecule has 1 aliphatic rings. The van der Waals surface area contributed by atoms with Crippen LogP contribution in [0.25, 0.3) is 10.8 Å². The van der Waals surface area contributed by atoms with E-state index in [-0.39, 0.29) is 0 Å². The number of hydrogen-bond acceptors (Lipinski definition) is 3. The second-order valence-electron chi connectivity index (χ2n) is 7.10. The van der Waals surface area contributed by atoms with Gasteiger partial charge in [-0.25, -0.2) is 0 Å². The van der Waals surface area contributed by atoms with E-state index >= 15 is 0 Å². The van der Waals surface area contributed by atoms with E-state index in [2.05, 4.69) is 71.4 Å². The molecule has 3 nitrogen and oxygen atoms in total. The molecular weight excluding hydrogens is 354 g/mol. The minimum Gasteiger partial charge on any atom is -0.295 e. The zero-order chi connectivity index (χ0) is 18.6. The summed E-state index contributed by atoms with van der Waals surface area (Å²) in [6.07, 6.45) is 0. The lowest BCUT2D eigenvalue weighted by Gasteiger charge is -2.33. The largest absolute Gasteiger partial charge is 0.295 e. The van der Waals surface area contributed by atoms with Crippen LogP contribution in [0.2, 0.25) is 5.02 Å². The van der Waals surface area contributed by atoms with Crippen molar-refractivity contribution in [2.45, 2.75) is 13.5 Å². The third kappa shape index (κ3) is 4.49. The normalized spacial score (nSPS) is 16.1. The third-order valence-electron chi connectivity index (χ3n) is 5.13. The summed E-state index contributed by atoms with van der Waals surface area (Å²) >= 11 is 5.97. The fourth-order valence-electron chi connectivity index (χ4n) is 3.53. The maximum atomic E-state index is 5.97. The zero-order valence-corrected chi connectivity index (χ0v) is 16.4. The maximum absolute atomic E-state index is 5.97. The molecule has 0 radical (unpaired) electrons. The summed E-state index contributed by atoms with van der Waals surface area (Å²) in [7, 11) is 0. The lowest BCUT2D eigenvalue weighted by Crippen LogP contribution is -2.43. The second kappa shape index (κ2) is 8.12. The summed E-state index contributed by atoms with van der Waals surface area (Å²) < 4.78 is 0. The predicted octanol–water partition coefficient (Wildman–Crippen LogP) is 5.04. The van der Waals surface area contributed by atoms with Crippen molar-refractivity contribution < 1.29 is 0 Å². The van der Waals surface area contributed by atoms with E-state index in [1.807, 2.05) is 12.1 Å². The second-order valence-corrected chi connectivity index (χ2v) is 7.54. The van der Waals surface area contributed by atoms with E-state index in [1.165, 1.54) is 21.9 Å². The average molecular weight is 378 g/mol. The minimum atomic E-state index is 0.794. The average Bonchev–Trinajstić information content (AvgIpc) is 2.71. The Morgan fingerprint density at radius 2 is 1.59 bits per heavy atom. The molecule has 0 aliphatic carbocycles. The third-order valence-corrected chi connectivity index (χ3v) is 5.38. The van der Waals surface area contributed by atoms with Crippen LogP contribution in [0.1, 0.15) is 18.1 Å². The number of hydrazone groups is 1. The minimum absolute atomic E-state index is 0.794. The molecule has 0 spiro atoms. The molecule has 0 saturated carbocycles. The summed E-state index contributed by atoms with van der Waals surface area (Å²) in [6, 6.07) is 23.2. The summed E-state index contributed by atoms with van der Waals surface area (Å²) in [5.41, 5.74) is 3.58. The van der Waals surface area contributed by atoms with Gasteiger partial charge >= 0.3 is 0 Å². The quantitative estimate of drug-likeness (QED) is 0.593. The number of piperazine rings is 1. The van der Waals surface area contributed by atoms with Crippen molar-refractivity contribution in [2.75, 3.05) is 26.2 Å². The molecule has 1 aliphatic heterocycles. The fourth-order valence-corrected chi connectivity index (χ4v) is 3.65. The molecule has 0 bridgehead atoms. The monoisotopic (exact) mass is 377 g/mol. The molecule has 0 atom stereocenters. The molecule has 27 heavy (non-hydrogen) atoms. The van der Waals surface area contributed by atoms with Crippen LogP contribution >= 0.6 is 11.6 Å². The Balaban J connectivity index is 1.37. The molecule has 0 N–H and O–H groups in total. The van der Waals surface area contributed by atoms with Gasteiger partial charge in [0.25, 0.3) is 0 Å². The van der Waals surface area contributed by atoms with Gasteiger partial charge in [0.2, 0.25) is 0 Å². The number of halogens is 1. The van der Waals surface area contributed by atoms with Gasteiger partial charge < -0.3 is 0 Å². The van der Waals surface area contributed by atoms with E-state index < -0.39 is 0 Å². The van der Waals surface area contributed by atoms with Crippen LogP contribution in [0.15, 0.2) is 71.8 Å². The highest BCUT2D eigenvalue weighted by Gasteiger charge is 2.16. The van der Waals surface area contributed by atoms with E-state index in [9.17, 15) is 0 Å². The molecule has 1 fully saturated rings. The molecule has 4 heteroatoms. The van der Waals surface area contributed by atoms with Crippen molar-refractivity contribution in [2.24, 2.45) is 5.10 Å². The summed E-state index contributed by atoms with van der Waals surface area (Å²) in [4.78, 5) is 2.47. The number of fused-ring (bicyclic) bond motifs is 1. The van der Waals surface area contributed by atoms with Gasteiger partial charge in [0, 0.05) is 37.7 Å². The van der Waals surface area contributed by atoms with E-state index in [0.29, 0.717) is 0 Å². The molecule has 3 aromatic rings. The number of hydrogen-bond donors (Lipinski definition) is 0. The van der Waals surface area contributed by atoms with E-state index in [1.54, 1.807) is 0 Å². The van der Waals surface area contributed by atoms with Gasteiger partial charge in [-0.1, -0.05) is 60.1 Å². The molecule has 1 saturated heterocycles. The fraction of sp³-hybridized carbons (Fsp3) is 0.261. The molecule has 3 aromatic carbocycles. The molecule has 4 rings (SSSR count). The van der Waals surface area contributed by atoms with Crippen LogP contribution in [-0.4, -0.2) is 41.8 Å². The topological polar surface area (TPSA) is 18.8 Å². The Kier molecular flexibility index (Phi) is 5.42. The first-order valence-corrected chi connectivity index (χ1v) is 9.81. The number of rotatable bonds is 4. The van der Waals surface area contributed by atoms with E-state index in [4.69, 9.17) is 16.7 Å². The summed E-state index contributed by atoms with van der Waals surface area (Å²) in [5, 5.41) is 10.4. The number of nitrogens with zero attached hydrogens (tertiary/aromatic N) is 3. The highest BCUT2D eigenvalue weighted by atomic mass is 35.5. The van der Waals surface area contributed by atoms with Gasteiger partial charge in [0.1, 0.15) is 0 Å². The molecule has 0 aromatic heterocycles. The van der Waals surface area contributed by atoms with Gasteiger partial charge in [-0.15, -0.1) is 0 Å². The van der Waals surface area contributed by atoms with Gasteiger partial charge in [-0.05, 0) is 47.0 Å². The first-order valence-electron chi connectivity index (χ1n) is 9.43. The zero-order valence-electron chi connectivity index (χ0n) is 15.6. The Labute approximate surface area is 165 Å². The Hall–Kier alpha value is -2.36. The van der Waals surface area contributed by atoms with Crippen LogP contribution in [-0.2, 0) is 6.54 Å².